The van der Waals surface area contributed by atoms with Crippen molar-refractivity contribution in [3.05, 3.63) is 174 Å². The zero-order valence-electron chi connectivity index (χ0n) is 21.7. The maximum Gasteiger partial charge on any atom is 0.354 e. The molecule has 0 fully saturated rings. The van der Waals surface area contributed by atoms with Crippen molar-refractivity contribution in [1.82, 2.24) is 15.0 Å². The number of nitrogens with zero attached hydrogens (tertiary/aromatic N) is 3. The van der Waals surface area contributed by atoms with Gasteiger partial charge in [-0.05, 0) is 41.6 Å². The largest absolute Gasteiger partial charge is 0.477 e. The smallest absolute Gasteiger partial charge is 0.354 e. The average Bonchev–Trinajstić information content (AvgIpc) is 3.34. The Labute approximate surface area is 252 Å². The van der Waals surface area contributed by atoms with Crippen molar-refractivity contribution in [2.24, 2.45) is 0 Å². The molecule has 1 aliphatic carbocycles. The summed E-state index contributed by atoms with van der Waals surface area (Å²) in [6.07, 6.45) is 3.30. The second-order valence-corrected chi connectivity index (χ2v) is 9.17. The quantitative estimate of drug-likeness (QED) is 0.202. The number of carboxylic acid groups (broad SMARTS) is 1. The summed E-state index contributed by atoms with van der Waals surface area (Å²) in [6.45, 7) is 0. The number of aromatic carboxylic acids is 1. The number of aromatic nitrogens is 3. The molecule has 0 aliphatic heterocycles. The van der Waals surface area contributed by atoms with E-state index in [1.54, 1.807) is 12.1 Å². The van der Waals surface area contributed by atoms with E-state index < -0.39 is 11.4 Å². The number of benzene rings is 3. The van der Waals surface area contributed by atoms with Gasteiger partial charge < -0.3 is 5.11 Å². The first-order valence-corrected chi connectivity index (χ1v) is 12.8. The molecule has 5 nitrogen and oxygen atoms in total. The minimum absolute atomic E-state index is 0. The van der Waals surface area contributed by atoms with Gasteiger partial charge in [-0.3, -0.25) is 9.97 Å². The van der Waals surface area contributed by atoms with Crippen LogP contribution in [0.3, 0.4) is 0 Å². The zero-order valence-corrected chi connectivity index (χ0v) is 24.1. The van der Waals surface area contributed by atoms with Gasteiger partial charge in [0.2, 0.25) is 0 Å². The Bertz CT molecular complexity index is 1730. The standard InChI is InChI=1S/C29H18N2.C6H5NO2.Ir/c1-2-11-21(12-3-1)26-17-10-19-28(31-26)29(27-18-8-9-20-30-27)24-15-6-4-13-22(24)23-14-5-7-16-25(23)29;8-6(9)5-3-1-2-4-7-5;/h1-11,13-15,17-20H;1-4H,(H,8,9);/q-2;;/t29-;;/m0../s1. The van der Waals surface area contributed by atoms with Gasteiger partial charge in [-0.2, -0.15) is 24.3 Å². The molecule has 201 valence electrons. The monoisotopic (exact) mass is 710 g/mol. The maximum absolute atomic E-state index is 10.1. The Hall–Kier alpha value is -4.77. The predicted octanol–water partition coefficient (Wildman–Crippen LogP) is 6.88. The Kier molecular flexibility index (Phi) is 8.25. The van der Waals surface area contributed by atoms with Crippen molar-refractivity contribution in [2.45, 2.75) is 5.41 Å². The van der Waals surface area contributed by atoms with Crippen molar-refractivity contribution in [1.29, 1.82) is 0 Å². The van der Waals surface area contributed by atoms with Crippen LogP contribution in [0.25, 0.3) is 22.4 Å². The Morgan fingerprint density at radius 1 is 0.659 bits per heavy atom. The van der Waals surface area contributed by atoms with E-state index in [4.69, 9.17) is 15.1 Å². The van der Waals surface area contributed by atoms with Crippen LogP contribution in [0, 0.1) is 12.1 Å². The molecule has 3 aromatic carbocycles. The fourth-order valence-corrected chi connectivity index (χ4v) is 5.23. The van der Waals surface area contributed by atoms with E-state index >= 15 is 0 Å². The van der Waals surface area contributed by atoms with Crippen molar-refractivity contribution < 1.29 is 30.0 Å². The molecule has 1 atom stereocenters. The average molecular weight is 710 g/mol. The molecule has 3 aromatic heterocycles. The van der Waals surface area contributed by atoms with Gasteiger partial charge in [0, 0.05) is 38.2 Å². The first-order valence-electron chi connectivity index (χ1n) is 12.8. The minimum atomic E-state index is -0.990. The molecular formula is C35H23IrN3O2-2. The number of carbonyl (C=O) groups is 1. The minimum Gasteiger partial charge on any atom is -0.477 e. The van der Waals surface area contributed by atoms with Crippen LogP contribution < -0.4 is 0 Å². The van der Waals surface area contributed by atoms with Gasteiger partial charge in [0.25, 0.3) is 0 Å². The van der Waals surface area contributed by atoms with Crippen LogP contribution in [0.15, 0.2) is 134 Å². The summed E-state index contributed by atoms with van der Waals surface area (Å²) in [6, 6.07) is 46.7. The third kappa shape index (κ3) is 5.11. The molecule has 41 heavy (non-hydrogen) atoms. The van der Waals surface area contributed by atoms with E-state index in [2.05, 4.69) is 65.6 Å². The predicted molar refractivity (Wildman–Crippen MR) is 154 cm³/mol. The van der Waals surface area contributed by atoms with E-state index in [1.165, 1.54) is 29.0 Å². The van der Waals surface area contributed by atoms with E-state index in [9.17, 15) is 4.79 Å². The summed E-state index contributed by atoms with van der Waals surface area (Å²) >= 11 is 0. The van der Waals surface area contributed by atoms with Crippen LogP contribution in [0.2, 0.25) is 0 Å². The van der Waals surface area contributed by atoms with Gasteiger partial charge in [-0.1, -0.05) is 54.1 Å². The van der Waals surface area contributed by atoms with Gasteiger partial charge in [0.15, 0.2) is 0 Å². The van der Waals surface area contributed by atoms with E-state index in [0.29, 0.717) is 0 Å². The van der Waals surface area contributed by atoms with Gasteiger partial charge in [-0.25, -0.2) is 9.78 Å². The molecule has 0 bridgehead atoms. The van der Waals surface area contributed by atoms with Crippen LogP contribution in [0.4, 0.5) is 0 Å². The molecular weight excluding hydrogens is 687 g/mol. The second kappa shape index (κ2) is 12.2. The van der Waals surface area contributed by atoms with Crippen LogP contribution in [-0.2, 0) is 25.5 Å². The van der Waals surface area contributed by atoms with Crippen LogP contribution in [0.5, 0.6) is 0 Å². The molecule has 3 heterocycles. The summed E-state index contributed by atoms with van der Waals surface area (Å²) in [5.41, 5.74) is 7.89. The molecule has 0 saturated carbocycles. The first kappa shape index (κ1) is 27.8. The second-order valence-electron chi connectivity index (χ2n) is 9.17. The molecule has 6 aromatic rings. The fraction of sp³-hybridized carbons (Fsp3) is 0.0286. The van der Waals surface area contributed by atoms with Crippen molar-refractivity contribution in [2.75, 3.05) is 0 Å². The summed E-state index contributed by atoms with van der Waals surface area (Å²) in [7, 11) is 0. The van der Waals surface area contributed by atoms with E-state index in [0.717, 1.165) is 28.2 Å². The van der Waals surface area contributed by atoms with E-state index in [-0.39, 0.29) is 25.8 Å². The fourth-order valence-electron chi connectivity index (χ4n) is 5.23. The molecule has 0 unspecified atom stereocenters. The molecule has 0 spiro atoms. The number of fused-ring (bicyclic) bond motifs is 3. The van der Waals surface area contributed by atoms with Crippen molar-refractivity contribution >= 4 is 5.97 Å². The number of hydrogen-bond acceptors (Lipinski definition) is 4. The van der Waals surface area contributed by atoms with Crippen molar-refractivity contribution in [3.8, 4) is 22.4 Å². The summed E-state index contributed by atoms with van der Waals surface area (Å²) in [5, 5.41) is 8.32. The van der Waals surface area contributed by atoms with Gasteiger partial charge in [0.05, 0.1) is 11.1 Å². The number of carboxylic acids is 1. The summed E-state index contributed by atoms with van der Waals surface area (Å²) < 4.78 is 0. The summed E-state index contributed by atoms with van der Waals surface area (Å²) in [5.74, 6) is -0.990. The Morgan fingerprint density at radius 2 is 1.37 bits per heavy atom. The Balaban J connectivity index is 0.000000291. The molecule has 6 heteroatoms. The van der Waals surface area contributed by atoms with Crippen LogP contribution in [-0.4, -0.2) is 26.0 Å². The number of pyridine rings is 3. The normalized spacial score (nSPS) is 14.4. The number of rotatable bonds is 4. The van der Waals surface area contributed by atoms with Gasteiger partial charge in [-0.15, -0.1) is 47.0 Å². The Morgan fingerprint density at radius 3 is 2.07 bits per heavy atom. The molecule has 1 N–H and O–H groups in total. The van der Waals surface area contributed by atoms with Crippen LogP contribution >= 0.6 is 0 Å². The first-order chi connectivity index (χ1) is 19.7. The zero-order chi connectivity index (χ0) is 27.4. The SMILES string of the molecule is O=C(O)c1ccccn1.[Ir].[c-]1ccccc1-c1cccc([C@]2(c3ccccn3)c3[c-]cccc3-c3ccccc32)n1. The maximum atomic E-state index is 10.1. The third-order valence-corrected chi connectivity index (χ3v) is 6.90. The molecule has 0 amide bonds. The van der Waals surface area contributed by atoms with Crippen molar-refractivity contribution in [3.63, 3.8) is 0 Å². The topological polar surface area (TPSA) is 76.0 Å². The third-order valence-electron chi connectivity index (χ3n) is 6.90. The molecule has 1 aliphatic rings. The molecule has 7 rings (SSSR count). The van der Waals surface area contributed by atoms with Gasteiger partial charge in [0.1, 0.15) is 5.69 Å². The molecule has 1 radical (unpaired) electrons. The van der Waals surface area contributed by atoms with E-state index in [1.807, 2.05) is 60.8 Å². The van der Waals surface area contributed by atoms with Crippen LogP contribution in [0.1, 0.15) is 33.0 Å². The van der Waals surface area contributed by atoms with Gasteiger partial charge >= 0.3 is 5.97 Å². The molecule has 0 saturated heterocycles. The summed E-state index contributed by atoms with van der Waals surface area (Å²) in [4.78, 5) is 23.7. The number of hydrogen-bond donors (Lipinski definition) is 1.